The van der Waals surface area contributed by atoms with Crippen molar-refractivity contribution in [3.63, 3.8) is 0 Å². The molecule has 4 heterocycles. The Morgan fingerprint density at radius 1 is 0.824 bits per heavy atom. The Balaban J connectivity index is 1.08. The van der Waals surface area contributed by atoms with Crippen LogP contribution < -0.4 is 14.8 Å². The number of ether oxygens (including phenoxy) is 2. The number of Topliss-reactive ketones (excluding diaryl/α,β-unsaturated/α-hetero) is 1. The van der Waals surface area contributed by atoms with Crippen LogP contribution in [0.15, 0.2) is 48.8 Å². The van der Waals surface area contributed by atoms with E-state index in [2.05, 4.69) is 10.2 Å². The van der Waals surface area contributed by atoms with Crippen molar-refractivity contribution in [2.45, 2.75) is 76.8 Å². The zero-order chi connectivity index (χ0) is 35.5. The fourth-order valence-corrected chi connectivity index (χ4v) is 8.42. The van der Waals surface area contributed by atoms with Crippen LogP contribution >= 0.6 is 23.2 Å². The number of nitrogens with one attached hydrogen (secondary N) is 1. The quantitative estimate of drug-likeness (QED) is 0.167. The SMILES string of the molecule is COc1nc(-c2cccc(-c3cccc(-c4cnc(CN5CCC6(CCC(=O)C6)CC5)c(OC)n4)c3Cl)c2Cl)cnc1CCC[C@H]1CCC(=O)N1. The molecule has 0 unspecified atom stereocenters. The van der Waals surface area contributed by atoms with E-state index in [1.807, 2.05) is 36.4 Å². The van der Waals surface area contributed by atoms with E-state index >= 15 is 0 Å². The molecule has 1 atom stereocenters. The third kappa shape index (κ3) is 7.59. The van der Waals surface area contributed by atoms with Crippen LogP contribution in [0, 0.1) is 5.41 Å². The summed E-state index contributed by atoms with van der Waals surface area (Å²) in [5.41, 5.74) is 5.82. The van der Waals surface area contributed by atoms with Crippen molar-refractivity contribution in [2.75, 3.05) is 27.3 Å². The Hall–Kier alpha value is -4.12. The van der Waals surface area contributed by atoms with Gasteiger partial charge in [0.15, 0.2) is 0 Å². The summed E-state index contributed by atoms with van der Waals surface area (Å²) in [4.78, 5) is 45.0. The van der Waals surface area contributed by atoms with Crippen molar-refractivity contribution in [3.8, 4) is 45.4 Å². The smallest absolute Gasteiger partial charge is 0.237 e. The van der Waals surface area contributed by atoms with E-state index in [4.69, 9.17) is 52.6 Å². The molecular weight excluding hydrogens is 687 g/mol. The first-order valence-corrected chi connectivity index (χ1v) is 18.4. The zero-order valence-corrected chi connectivity index (χ0v) is 30.5. The fourth-order valence-electron chi connectivity index (χ4n) is 7.77. The number of carbonyl (C=O) groups is 2. The van der Waals surface area contributed by atoms with Gasteiger partial charge >= 0.3 is 0 Å². The number of ketones is 1. The molecule has 2 aliphatic heterocycles. The predicted molar refractivity (Wildman–Crippen MR) is 197 cm³/mol. The average molecular weight is 730 g/mol. The molecule has 51 heavy (non-hydrogen) atoms. The minimum Gasteiger partial charge on any atom is -0.480 e. The molecule has 266 valence electrons. The number of benzene rings is 2. The molecule has 3 fully saturated rings. The summed E-state index contributed by atoms with van der Waals surface area (Å²) in [6, 6.07) is 11.7. The second-order valence-corrected chi connectivity index (χ2v) is 14.7. The lowest BCUT2D eigenvalue weighted by Crippen LogP contribution is -2.38. The van der Waals surface area contributed by atoms with Gasteiger partial charge in [0, 0.05) is 54.1 Å². The number of hydrogen-bond acceptors (Lipinski definition) is 9. The molecule has 2 aromatic heterocycles. The van der Waals surface area contributed by atoms with Crippen LogP contribution in [0.1, 0.15) is 69.2 Å². The van der Waals surface area contributed by atoms with Gasteiger partial charge in [0.05, 0.1) is 48.0 Å². The first-order chi connectivity index (χ1) is 24.8. The standard InChI is InChI=1S/C39H42Cl2N6O4/c1-50-37-30(11-3-6-24-12-13-34(49)44-24)42-21-31(45-37)28-9-4-7-26(35(28)40)27-8-5-10-29(36(27)41)32-22-43-33(38(46-32)51-2)23-47-18-16-39(17-19-47)15-14-25(48)20-39/h4-5,7-10,21-22,24H,3,6,11-20,23H2,1-2H3,(H,44,49)/t24-/m0/s1. The number of amides is 1. The fraction of sp³-hybridized carbons (Fsp3) is 0.436. The van der Waals surface area contributed by atoms with E-state index in [0.29, 0.717) is 69.5 Å². The Bertz CT molecular complexity index is 1950. The van der Waals surface area contributed by atoms with Gasteiger partial charge in [0.2, 0.25) is 17.7 Å². The Labute approximate surface area is 308 Å². The third-order valence-electron chi connectivity index (χ3n) is 10.7. The largest absolute Gasteiger partial charge is 0.480 e. The maximum Gasteiger partial charge on any atom is 0.237 e. The Morgan fingerprint density at radius 2 is 1.41 bits per heavy atom. The van der Waals surface area contributed by atoms with Crippen LogP contribution in [0.3, 0.4) is 0 Å². The monoisotopic (exact) mass is 728 g/mol. The highest BCUT2D eigenvalue weighted by atomic mass is 35.5. The highest BCUT2D eigenvalue weighted by Gasteiger charge is 2.40. The van der Waals surface area contributed by atoms with Crippen molar-refractivity contribution in [2.24, 2.45) is 5.41 Å². The number of carbonyl (C=O) groups excluding carboxylic acids is 2. The first kappa shape index (κ1) is 35.3. The summed E-state index contributed by atoms with van der Waals surface area (Å²) in [5, 5.41) is 4.00. The number of hydrogen-bond donors (Lipinski definition) is 1. The van der Waals surface area contributed by atoms with Gasteiger partial charge in [-0.1, -0.05) is 59.6 Å². The summed E-state index contributed by atoms with van der Waals surface area (Å²) in [7, 11) is 3.20. The minimum atomic E-state index is 0.124. The molecule has 0 radical (unpaired) electrons. The van der Waals surface area contributed by atoms with Crippen molar-refractivity contribution >= 4 is 34.9 Å². The predicted octanol–water partition coefficient (Wildman–Crippen LogP) is 7.53. The highest BCUT2D eigenvalue weighted by molar-refractivity contribution is 6.39. The molecule has 7 rings (SSSR count). The van der Waals surface area contributed by atoms with E-state index in [1.54, 1.807) is 26.6 Å². The van der Waals surface area contributed by atoms with Gasteiger partial charge in [-0.25, -0.2) is 9.97 Å². The van der Waals surface area contributed by atoms with Crippen molar-refractivity contribution < 1.29 is 19.1 Å². The summed E-state index contributed by atoms with van der Waals surface area (Å²) < 4.78 is 11.4. The van der Waals surface area contributed by atoms with E-state index in [9.17, 15) is 9.59 Å². The van der Waals surface area contributed by atoms with Crippen LogP contribution in [-0.2, 0) is 22.6 Å². The second kappa shape index (κ2) is 15.2. The molecule has 2 aromatic carbocycles. The zero-order valence-electron chi connectivity index (χ0n) is 29.0. The molecule has 1 spiro atoms. The summed E-state index contributed by atoms with van der Waals surface area (Å²) in [5.74, 6) is 1.45. The average Bonchev–Trinajstić information content (AvgIpc) is 3.73. The number of methoxy groups -OCH3 is 2. The summed E-state index contributed by atoms with van der Waals surface area (Å²) in [6.45, 7) is 2.49. The van der Waals surface area contributed by atoms with Gasteiger partial charge < -0.3 is 14.8 Å². The second-order valence-electron chi connectivity index (χ2n) is 13.9. The number of likely N-dealkylation sites (tertiary alicyclic amines) is 1. The number of nitrogens with zero attached hydrogens (tertiary/aromatic N) is 5. The number of aryl methyl sites for hydroxylation is 1. The molecule has 1 aliphatic carbocycles. The van der Waals surface area contributed by atoms with Gasteiger partial charge in [0.1, 0.15) is 17.2 Å². The van der Waals surface area contributed by atoms with Gasteiger partial charge in [-0.2, -0.15) is 0 Å². The summed E-state index contributed by atoms with van der Waals surface area (Å²) >= 11 is 14.2. The van der Waals surface area contributed by atoms with Crippen molar-refractivity contribution in [1.29, 1.82) is 0 Å². The topological polar surface area (TPSA) is 119 Å². The molecule has 3 aliphatic rings. The van der Waals surface area contributed by atoms with E-state index in [1.165, 1.54) is 0 Å². The van der Waals surface area contributed by atoms with Gasteiger partial charge in [0.25, 0.3) is 0 Å². The van der Waals surface area contributed by atoms with Gasteiger partial charge in [-0.15, -0.1) is 0 Å². The van der Waals surface area contributed by atoms with E-state index < -0.39 is 0 Å². The molecule has 1 N–H and O–H groups in total. The van der Waals surface area contributed by atoms with Gasteiger partial charge in [-0.05, 0) is 63.5 Å². The summed E-state index contributed by atoms with van der Waals surface area (Å²) in [6.07, 6.45) is 11.9. The molecular formula is C39H42Cl2N6O4. The lowest BCUT2D eigenvalue weighted by Gasteiger charge is -2.38. The van der Waals surface area contributed by atoms with Gasteiger partial charge in [-0.3, -0.25) is 24.5 Å². The minimum absolute atomic E-state index is 0.124. The molecule has 1 amide bonds. The van der Waals surface area contributed by atoms with E-state index in [0.717, 1.165) is 87.0 Å². The number of rotatable bonds is 11. The highest BCUT2D eigenvalue weighted by Crippen LogP contribution is 2.45. The van der Waals surface area contributed by atoms with Crippen molar-refractivity contribution in [1.82, 2.24) is 30.2 Å². The molecule has 0 bridgehead atoms. The third-order valence-corrected chi connectivity index (χ3v) is 11.5. The van der Waals surface area contributed by atoms with E-state index in [-0.39, 0.29) is 17.4 Å². The lowest BCUT2D eigenvalue weighted by molar-refractivity contribution is -0.119. The van der Waals surface area contributed by atoms with Crippen LogP contribution in [-0.4, -0.2) is 69.9 Å². The van der Waals surface area contributed by atoms with Crippen LogP contribution in [0.2, 0.25) is 10.0 Å². The van der Waals surface area contributed by atoms with Crippen LogP contribution in [0.4, 0.5) is 0 Å². The molecule has 12 heteroatoms. The number of piperidine rings is 1. The lowest BCUT2D eigenvalue weighted by atomic mass is 9.77. The Kier molecular flexibility index (Phi) is 10.5. The molecule has 2 saturated heterocycles. The molecule has 1 saturated carbocycles. The first-order valence-electron chi connectivity index (χ1n) is 17.7. The number of aromatic nitrogens is 4. The van der Waals surface area contributed by atoms with Crippen molar-refractivity contribution in [3.05, 3.63) is 70.2 Å². The number of halogens is 2. The molecule has 10 nitrogen and oxygen atoms in total. The maximum absolute atomic E-state index is 12.0. The van der Waals surface area contributed by atoms with Crippen LogP contribution in [0.5, 0.6) is 11.8 Å². The van der Waals surface area contributed by atoms with Crippen LogP contribution in [0.25, 0.3) is 33.6 Å². The Morgan fingerprint density at radius 3 is 1.96 bits per heavy atom. The maximum atomic E-state index is 12.0. The molecule has 4 aromatic rings. The normalized spacial score (nSPS) is 18.7.